The topological polar surface area (TPSA) is 3.24 Å². The van der Waals surface area contributed by atoms with Crippen LogP contribution in [-0.4, -0.2) is 13.6 Å². The summed E-state index contributed by atoms with van der Waals surface area (Å²) in [5.41, 5.74) is 1.23. The van der Waals surface area contributed by atoms with Crippen LogP contribution in [0.25, 0.3) is 0 Å². The van der Waals surface area contributed by atoms with Crippen molar-refractivity contribution in [3.63, 3.8) is 0 Å². The summed E-state index contributed by atoms with van der Waals surface area (Å²) in [5, 5.41) is 0. The van der Waals surface area contributed by atoms with Gasteiger partial charge < -0.3 is 4.90 Å². The van der Waals surface area contributed by atoms with E-state index in [4.69, 9.17) is 0 Å². The minimum Gasteiger partial charge on any atom is -0.371 e. The molecule has 0 saturated carbocycles. The first-order valence-corrected chi connectivity index (χ1v) is 5.11. The minimum absolute atomic E-state index is 0.951. The number of benzene rings is 1. The molecule has 0 heterocycles. The van der Waals surface area contributed by atoms with Crippen LogP contribution in [0.4, 0.5) is 5.69 Å². The van der Waals surface area contributed by atoms with E-state index in [0.717, 1.165) is 11.0 Å². The minimum atomic E-state index is 0.951. The lowest BCUT2D eigenvalue weighted by molar-refractivity contribution is 1.03. The normalized spacial score (nSPS) is 10.7. The van der Waals surface area contributed by atoms with Crippen molar-refractivity contribution in [1.29, 1.82) is 0 Å². The molecule has 0 radical (unpaired) electrons. The molecular formula is C11H14BrN. The monoisotopic (exact) mass is 239 g/mol. The smallest absolute Gasteiger partial charge is 0.0377 e. The zero-order valence-electron chi connectivity index (χ0n) is 8.00. The molecule has 0 saturated heterocycles. The maximum Gasteiger partial charge on any atom is 0.0377 e. The van der Waals surface area contributed by atoms with E-state index in [1.165, 1.54) is 5.69 Å². The van der Waals surface area contributed by atoms with Crippen molar-refractivity contribution < 1.29 is 0 Å². The lowest BCUT2D eigenvalue weighted by Crippen LogP contribution is -2.16. The molecule has 0 unspecified atom stereocenters. The third-order valence-electron chi connectivity index (χ3n) is 1.86. The van der Waals surface area contributed by atoms with Gasteiger partial charge >= 0.3 is 0 Å². The Kier molecular flexibility index (Phi) is 4.03. The number of halogens is 1. The highest BCUT2D eigenvalue weighted by molar-refractivity contribution is 9.10. The van der Waals surface area contributed by atoms with E-state index >= 15 is 0 Å². The largest absolute Gasteiger partial charge is 0.371 e. The number of anilines is 1. The fourth-order valence-electron chi connectivity index (χ4n) is 1.08. The Hall–Kier alpha value is -0.760. The number of likely N-dealkylation sites (N-methyl/N-ethyl adjacent to an activating group) is 1. The van der Waals surface area contributed by atoms with Crippen LogP contribution < -0.4 is 4.90 Å². The van der Waals surface area contributed by atoms with Crippen LogP contribution in [0, 0.1) is 0 Å². The highest BCUT2D eigenvalue weighted by Crippen LogP contribution is 2.18. The summed E-state index contributed by atoms with van der Waals surface area (Å²) in [6, 6.07) is 8.30. The lowest BCUT2D eigenvalue weighted by atomic mass is 10.3. The summed E-state index contributed by atoms with van der Waals surface area (Å²) in [4.78, 5) is 2.20. The number of allylic oxidation sites excluding steroid dienone is 1. The number of hydrogen-bond donors (Lipinski definition) is 0. The van der Waals surface area contributed by atoms with Crippen molar-refractivity contribution in [2.24, 2.45) is 0 Å². The maximum atomic E-state index is 3.45. The van der Waals surface area contributed by atoms with Gasteiger partial charge in [0.1, 0.15) is 0 Å². The van der Waals surface area contributed by atoms with Gasteiger partial charge in [0.05, 0.1) is 0 Å². The van der Waals surface area contributed by atoms with Crippen LogP contribution >= 0.6 is 15.9 Å². The predicted octanol–water partition coefficient (Wildman–Crippen LogP) is 3.46. The van der Waals surface area contributed by atoms with Gasteiger partial charge in [-0.25, -0.2) is 0 Å². The lowest BCUT2D eigenvalue weighted by Gasteiger charge is -2.17. The zero-order valence-corrected chi connectivity index (χ0v) is 9.58. The van der Waals surface area contributed by atoms with E-state index in [1.807, 2.05) is 19.1 Å². The van der Waals surface area contributed by atoms with Gasteiger partial charge in [0.25, 0.3) is 0 Å². The Morgan fingerprint density at radius 3 is 2.85 bits per heavy atom. The van der Waals surface area contributed by atoms with E-state index < -0.39 is 0 Å². The van der Waals surface area contributed by atoms with Gasteiger partial charge in [-0.2, -0.15) is 0 Å². The second-order valence-electron chi connectivity index (χ2n) is 2.93. The van der Waals surface area contributed by atoms with Gasteiger partial charge in [0, 0.05) is 23.8 Å². The average Bonchev–Trinajstić information content (AvgIpc) is 2.14. The van der Waals surface area contributed by atoms with Gasteiger partial charge in [-0.1, -0.05) is 34.1 Å². The van der Waals surface area contributed by atoms with E-state index in [0.29, 0.717) is 0 Å². The van der Waals surface area contributed by atoms with Crippen molar-refractivity contribution >= 4 is 21.6 Å². The van der Waals surface area contributed by atoms with Crippen LogP contribution in [0.15, 0.2) is 40.9 Å². The summed E-state index contributed by atoms with van der Waals surface area (Å²) in [5.74, 6) is 0. The first kappa shape index (κ1) is 10.3. The van der Waals surface area contributed by atoms with E-state index in [-0.39, 0.29) is 0 Å². The van der Waals surface area contributed by atoms with Crippen LogP contribution in [-0.2, 0) is 0 Å². The van der Waals surface area contributed by atoms with E-state index in [1.54, 1.807) is 0 Å². The van der Waals surface area contributed by atoms with Gasteiger partial charge in [-0.3, -0.25) is 0 Å². The molecule has 0 bridgehead atoms. The fourth-order valence-corrected chi connectivity index (χ4v) is 1.47. The van der Waals surface area contributed by atoms with Gasteiger partial charge in [0.2, 0.25) is 0 Å². The summed E-state index contributed by atoms with van der Waals surface area (Å²) < 4.78 is 1.12. The Labute approximate surface area is 88.2 Å². The molecule has 0 atom stereocenters. The molecule has 0 spiro atoms. The third kappa shape index (κ3) is 3.23. The highest BCUT2D eigenvalue weighted by Gasteiger charge is 1.97. The summed E-state index contributed by atoms with van der Waals surface area (Å²) >= 11 is 3.45. The van der Waals surface area contributed by atoms with Crippen LogP contribution in [0.3, 0.4) is 0 Å². The molecule has 70 valence electrons. The quantitative estimate of drug-likeness (QED) is 0.731. The van der Waals surface area contributed by atoms with Crippen molar-refractivity contribution in [3.8, 4) is 0 Å². The first-order valence-electron chi connectivity index (χ1n) is 4.32. The van der Waals surface area contributed by atoms with Crippen molar-refractivity contribution in [2.75, 3.05) is 18.5 Å². The molecule has 0 aliphatic carbocycles. The Morgan fingerprint density at radius 2 is 2.23 bits per heavy atom. The molecule has 2 heteroatoms. The highest BCUT2D eigenvalue weighted by atomic mass is 79.9. The molecule has 0 aliphatic rings. The van der Waals surface area contributed by atoms with E-state index in [2.05, 4.69) is 52.2 Å². The molecule has 0 aromatic heterocycles. The maximum absolute atomic E-state index is 3.45. The molecule has 1 nitrogen and oxygen atoms in total. The Bertz CT molecular complexity index is 294. The van der Waals surface area contributed by atoms with Crippen molar-refractivity contribution in [3.05, 3.63) is 40.9 Å². The SMILES string of the molecule is C/C=C/CN(C)c1cccc(Br)c1. The number of hydrogen-bond acceptors (Lipinski definition) is 1. The van der Waals surface area contributed by atoms with Crippen molar-refractivity contribution in [1.82, 2.24) is 0 Å². The molecule has 1 aromatic carbocycles. The van der Waals surface area contributed by atoms with Gasteiger partial charge in [0.15, 0.2) is 0 Å². The van der Waals surface area contributed by atoms with Crippen LogP contribution in [0.1, 0.15) is 6.92 Å². The van der Waals surface area contributed by atoms with E-state index in [9.17, 15) is 0 Å². The Morgan fingerprint density at radius 1 is 1.46 bits per heavy atom. The zero-order chi connectivity index (χ0) is 9.68. The van der Waals surface area contributed by atoms with Crippen LogP contribution in [0.2, 0.25) is 0 Å². The molecule has 0 fully saturated rings. The summed E-state index contributed by atoms with van der Waals surface area (Å²) in [6.07, 6.45) is 4.20. The second kappa shape index (κ2) is 5.07. The molecule has 1 aromatic rings. The summed E-state index contributed by atoms with van der Waals surface area (Å²) in [7, 11) is 2.09. The van der Waals surface area contributed by atoms with Gasteiger partial charge in [-0.15, -0.1) is 0 Å². The Balaban J connectivity index is 2.70. The molecule has 0 N–H and O–H groups in total. The average molecular weight is 240 g/mol. The predicted molar refractivity (Wildman–Crippen MR) is 62.2 cm³/mol. The number of rotatable bonds is 3. The standard InChI is InChI=1S/C11H14BrN/c1-3-4-8-13(2)11-7-5-6-10(12)9-11/h3-7,9H,8H2,1-2H3/b4-3+. The molecule has 13 heavy (non-hydrogen) atoms. The molecule has 0 amide bonds. The summed E-state index contributed by atoms with van der Waals surface area (Å²) in [6.45, 7) is 2.99. The van der Waals surface area contributed by atoms with Gasteiger partial charge in [-0.05, 0) is 25.1 Å². The molecule has 0 aliphatic heterocycles. The van der Waals surface area contributed by atoms with Crippen molar-refractivity contribution in [2.45, 2.75) is 6.92 Å². The first-order chi connectivity index (χ1) is 6.24. The molecular weight excluding hydrogens is 226 g/mol. The van der Waals surface area contributed by atoms with Crippen LogP contribution in [0.5, 0.6) is 0 Å². The molecule has 1 rings (SSSR count). The fraction of sp³-hybridized carbons (Fsp3) is 0.273. The third-order valence-corrected chi connectivity index (χ3v) is 2.36. The second-order valence-corrected chi connectivity index (χ2v) is 3.85. The number of nitrogens with zero attached hydrogens (tertiary/aromatic N) is 1.